The van der Waals surface area contributed by atoms with Gasteiger partial charge in [0.15, 0.2) is 9.84 Å². The number of rotatable bonds is 5. The normalized spacial score (nSPS) is 11.9. The molecule has 1 N–H and O–H groups in total. The van der Waals surface area contributed by atoms with E-state index >= 15 is 0 Å². The molecule has 3 aromatic rings. The number of fused-ring (bicyclic) bond motifs is 1. The average Bonchev–Trinajstić information content (AvgIpc) is 2.58. The first kappa shape index (κ1) is 19.2. The van der Waals surface area contributed by atoms with E-state index in [9.17, 15) is 13.2 Å². The van der Waals surface area contributed by atoms with Crippen molar-refractivity contribution in [2.75, 3.05) is 11.6 Å². The number of aryl methyl sites for hydroxylation is 1. The minimum absolute atomic E-state index is 0.252. The molecule has 0 aliphatic rings. The molecule has 0 atom stereocenters. The molecule has 0 fully saturated rings. The maximum absolute atomic E-state index is 12.0. The fourth-order valence-electron chi connectivity index (χ4n) is 3.19. The molecule has 0 radical (unpaired) electrons. The van der Waals surface area contributed by atoms with Crippen molar-refractivity contribution in [3.8, 4) is 0 Å². The van der Waals surface area contributed by atoms with Crippen LogP contribution in [0.2, 0.25) is 0 Å². The molecule has 27 heavy (non-hydrogen) atoms. The smallest absolute Gasteiger partial charge is 0.336 e. The Morgan fingerprint density at radius 2 is 1.85 bits per heavy atom. The van der Waals surface area contributed by atoms with Gasteiger partial charge >= 0.3 is 5.63 Å². The van der Waals surface area contributed by atoms with Crippen LogP contribution in [-0.2, 0) is 16.4 Å². The quantitative estimate of drug-likeness (QED) is 0.665. The van der Waals surface area contributed by atoms with Gasteiger partial charge in [-0.1, -0.05) is 19.9 Å². The van der Waals surface area contributed by atoms with E-state index in [-0.39, 0.29) is 4.90 Å². The van der Waals surface area contributed by atoms with E-state index < -0.39 is 15.5 Å². The summed E-state index contributed by atoms with van der Waals surface area (Å²) in [5.41, 5.74) is 3.94. The van der Waals surface area contributed by atoms with Crippen molar-refractivity contribution in [1.82, 2.24) is 0 Å². The third kappa shape index (κ3) is 4.22. The molecular formula is C21H23NO4S. The zero-order chi connectivity index (χ0) is 19.8. The Balaban J connectivity index is 2.00. The molecule has 5 nitrogen and oxygen atoms in total. The predicted molar refractivity (Wildman–Crippen MR) is 108 cm³/mol. The summed E-state index contributed by atoms with van der Waals surface area (Å²) >= 11 is 0. The molecule has 6 heteroatoms. The molecule has 142 valence electrons. The van der Waals surface area contributed by atoms with Gasteiger partial charge in [-0.3, -0.25) is 0 Å². The number of benzene rings is 2. The van der Waals surface area contributed by atoms with Crippen LogP contribution in [0.1, 0.15) is 36.5 Å². The first-order chi connectivity index (χ1) is 12.6. The van der Waals surface area contributed by atoms with Crippen molar-refractivity contribution >= 4 is 26.5 Å². The van der Waals surface area contributed by atoms with Gasteiger partial charge in [-0.2, -0.15) is 0 Å². The molecule has 0 saturated heterocycles. The Hall–Kier alpha value is -2.60. The fourth-order valence-corrected chi connectivity index (χ4v) is 3.86. The highest BCUT2D eigenvalue weighted by molar-refractivity contribution is 7.90. The monoisotopic (exact) mass is 385 g/mol. The van der Waals surface area contributed by atoms with Crippen LogP contribution < -0.4 is 10.9 Å². The summed E-state index contributed by atoms with van der Waals surface area (Å²) < 4.78 is 28.8. The van der Waals surface area contributed by atoms with E-state index in [2.05, 4.69) is 25.2 Å². The van der Waals surface area contributed by atoms with Crippen LogP contribution >= 0.6 is 0 Å². The molecule has 0 aliphatic carbocycles. The standard InChI is InChI=1S/C21H23NO4S/c1-13(2)18-11-19-15(9-21(23)26-20(19)8-14(18)3)12-22-16-6-5-7-17(10-16)27(4,24)25/h5-11,13,22H,12H2,1-4H3. The largest absolute Gasteiger partial charge is 0.423 e. The molecule has 0 spiro atoms. The van der Waals surface area contributed by atoms with Gasteiger partial charge in [-0.15, -0.1) is 0 Å². The lowest BCUT2D eigenvalue weighted by Crippen LogP contribution is -2.07. The van der Waals surface area contributed by atoms with Crippen molar-refractivity contribution in [2.24, 2.45) is 0 Å². The summed E-state index contributed by atoms with van der Waals surface area (Å²) in [4.78, 5) is 12.2. The van der Waals surface area contributed by atoms with E-state index in [0.717, 1.165) is 16.5 Å². The highest BCUT2D eigenvalue weighted by Gasteiger charge is 2.12. The lowest BCUT2D eigenvalue weighted by molar-refractivity contribution is 0.558. The molecule has 2 aromatic carbocycles. The molecule has 0 amide bonds. The van der Waals surface area contributed by atoms with Crippen LogP contribution in [-0.4, -0.2) is 14.7 Å². The summed E-state index contributed by atoms with van der Waals surface area (Å²) in [5, 5.41) is 4.10. The topological polar surface area (TPSA) is 76.4 Å². The lowest BCUT2D eigenvalue weighted by atomic mass is 9.95. The maximum Gasteiger partial charge on any atom is 0.336 e. The molecule has 0 aliphatic heterocycles. The van der Waals surface area contributed by atoms with Crippen LogP contribution in [0.15, 0.2) is 56.6 Å². The second kappa shape index (κ2) is 7.19. The van der Waals surface area contributed by atoms with Gasteiger partial charge < -0.3 is 9.73 Å². The zero-order valence-electron chi connectivity index (χ0n) is 15.9. The van der Waals surface area contributed by atoms with Crippen molar-refractivity contribution in [2.45, 2.75) is 38.1 Å². The summed E-state index contributed by atoms with van der Waals surface area (Å²) in [5.74, 6) is 0.355. The fraction of sp³-hybridized carbons (Fsp3) is 0.286. The molecule has 1 aromatic heterocycles. The molecule has 3 rings (SSSR count). The van der Waals surface area contributed by atoms with Gasteiger partial charge in [0.25, 0.3) is 0 Å². The minimum atomic E-state index is -3.27. The van der Waals surface area contributed by atoms with Gasteiger partial charge in [-0.05, 0) is 59.9 Å². The Bertz CT molecular complexity index is 1160. The van der Waals surface area contributed by atoms with Crippen LogP contribution in [0, 0.1) is 6.92 Å². The second-order valence-corrected chi connectivity index (χ2v) is 9.12. The van der Waals surface area contributed by atoms with Crippen LogP contribution in [0.5, 0.6) is 0 Å². The molecule has 0 bridgehead atoms. The number of hydrogen-bond acceptors (Lipinski definition) is 5. The van der Waals surface area contributed by atoms with Crippen LogP contribution in [0.4, 0.5) is 5.69 Å². The Morgan fingerprint density at radius 1 is 1.11 bits per heavy atom. The van der Waals surface area contributed by atoms with Crippen LogP contribution in [0.25, 0.3) is 11.0 Å². The third-order valence-corrected chi connectivity index (χ3v) is 5.69. The summed E-state index contributed by atoms with van der Waals surface area (Å²) in [6.07, 6.45) is 1.18. The van der Waals surface area contributed by atoms with Gasteiger partial charge in [0.2, 0.25) is 0 Å². The minimum Gasteiger partial charge on any atom is -0.423 e. The molecular weight excluding hydrogens is 362 g/mol. The Kier molecular flexibility index (Phi) is 5.11. The summed E-state index contributed by atoms with van der Waals surface area (Å²) in [6, 6.07) is 12.1. The summed E-state index contributed by atoms with van der Waals surface area (Å²) in [6.45, 7) is 6.65. The van der Waals surface area contributed by atoms with E-state index in [1.54, 1.807) is 24.3 Å². The molecule has 0 unspecified atom stereocenters. The first-order valence-corrected chi connectivity index (χ1v) is 10.7. The van der Waals surface area contributed by atoms with Crippen molar-refractivity contribution in [1.29, 1.82) is 0 Å². The van der Waals surface area contributed by atoms with Crippen molar-refractivity contribution < 1.29 is 12.8 Å². The SMILES string of the molecule is Cc1cc2oc(=O)cc(CNc3cccc(S(C)(=O)=O)c3)c2cc1C(C)C. The van der Waals surface area contributed by atoms with Crippen LogP contribution in [0.3, 0.4) is 0 Å². The van der Waals surface area contributed by atoms with Gasteiger partial charge in [0.05, 0.1) is 4.90 Å². The first-order valence-electron chi connectivity index (χ1n) is 8.76. The van der Waals surface area contributed by atoms with Gasteiger partial charge in [0, 0.05) is 29.9 Å². The Labute approximate surface area is 159 Å². The number of hydrogen-bond donors (Lipinski definition) is 1. The predicted octanol–water partition coefficient (Wildman–Crippen LogP) is 4.24. The van der Waals surface area contributed by atoms with E-state index in [4.69, 9.17) is 4.42 Å². The molecule has 1 heterocycles. The highest BCUT2D eigenvalue weighted by atomic mass is 32.2. The highest BCUT2D eigenvalue weighted by Crippen LogP contribution is 2.27. The van der Waals surface area contributed by atoms with E-state index in [0.29, 0.717) is 23.7 Å². The van der Waals surface area contributed by atoms with E-state index in [1.807, 2.05) is 13.0 Å². The second-order valence-electron chi connectivity index (χ2n) is 7.10. The van der Waals surface area contributed by atoms with Gasteiger partial charge in [0.1, 0.15) is 5.58 Å². The molecule has 0 saturated carbocycles. The Morgan fingerprint density at radius 3 is 2.52 bits per heavy atom. The lowest BCUT2D eigenvalue weighted by Gasteiger charge is -2.14. The van der Waals surface area contributed by atoms with Crippen molar-refractivity contribution in [3.63, 3.8) is 0 Å². The van der Waals surface area contributed by atoms with Gasteiger partial charge in [-0.25, -0.2) is 13.2 Å². The maximum atomic E-state index is 12.0. The number of nitrogens with one attached hydrogen (secondary N) is 1. The number of anilines is 1. The summed E-state index contributed by atoms with van der Waals surface area (Å²) in [7, 11) is -3.27. The number of sulfone groups is 1. The van der Waals surface area contributed by atoms with E-state index in [1.165, 1.54) is 17.9 Å². The third-order valence-electron chi connectivity index (χ3n) is 4.58. The van der Waals surface area contributed by atoms with Crippen molar-refractivity contribution in [3.05, 3.63) is 69.6 Å². The zero-order valence-corrected chi connectivity index (χ0v) is 16.7. The average molecular weight is 385 g/mol.